The molecule has 154 valence electrons. The van der Waals surface area contributed by atoms with E-state index in [1.54, 1.807) is 6.21 Å². The Balaban J connectivity index is 1.57. The lowest BCUT2D eigenvalue weighted by molar-refractivity contribution is -0.123. The number of nitrogens with zero attached hydrogens (tertiary/aromatic N) is 1. The average Bonchev–Trinajstić information content (AvgIpc) is 2.78. The van der Waals surface area contributed by atoms with Crippen LogP contribution in [-0.4, -0.2) is 18.7 Å². The summed E-state index contributed by atoms with van der Waals surface area (Å²) >= 11 is 3.45. The molecule has 1 amide bonds. The van der Waals surface area contributed by atoms with Crippen LogP contribution < -0.4 is 14.9 Å². The molecule has 0 aliphatic heterocycles. The lowest BCUT2D eigenvalue weighted by Gasteiger charge is -2.10. The summed E-state index contributed by atoms with van der Waals surface area (Å²) in [6, 6.07) is 23.2. The number of carbonyl (C=O) groups is 1. The number of benzene rings is 3. The fourth-order valence-corrected chi connectivity index (χ4v) is 3.15. The number of hydrazone groups is 1. The number of para-hydroxylation sites is 1. The minimum Gasteiger partial charge on any atom is -0.488 e. The highest BCUT2D eigenvalue weighted by Gasteiger charge is 2.06. The van der Waals surface area contributed by atoms with Crippen molar-refractivity contribution in [3.05, 3.63) is 94.0 Å². The van der Waals surface area contributed by atoms with Crippen LogP contribution in [0.5, 0.6) is 11.5 Å². The maximum Gasteiger partial charge on any atom is 0.277 e. The van der Waals surface area contributed by atoms with Gasteiger partial charge in [-0.3, -0.25) is 4.79 Å². The van der Waals surface area contributed by atoms with E-state index in [-0.39, 0.29) is 12.5 Å². The second-order valence-corrected chi connectivity index (χ2v) is 7.42. The average molecular weight is 467 g/mol. The van der Waals surface area contributed by atoms with Crippen molar-refractivity contribution in [1.29, 1.82) is 0 Å². The Morgan fingerprint density at radius 2 is 1.77 bits per heavy atom. The van der Waals surface area contributed by atoms with E-state index in [2.05, 4.69) is 26.5 Å². The van der Waals surface area contributed by atoms with Gasteiger partial charge < -0.3 is 9.47 Å². The summed E-state index contributed by atoms with van der Waals surface area (Å²) in [5, 5.41) is 4.05. The molecule has 0 bridgehead atoms. The van der Waals surface area contributed by atoms with Gasteiger partial charge in [0.2, 0.25) is 0 Å². The summed E-state index contributed by atoms with van der Waals surface area (Å²) in [4.78, 5) is 12.1. The van der Waals surface area contributed by atoms with E-state index < -0.39 is 0 Å². The first-order valence-electron chi connectivity index (χ1n) is 9.64. The summed E-state index contributed by atoms with van der Waals surface area (Å²) < 4.78 is 12.4. The van der Waals surface area contributed by atoms with Gasteiger partial charge in [-0.15, -0.1) is 0 Å². The standard InChI is InChI=1S/C24H23BrN2O3/c1-2-19-10-6-7-11-22(19)30-17-24(28)27-26-15-20-14-21(25)12-13-23(20)29-16-18-8-4-3-5-9-18/h3-15H,2,16-17H2,1H3,(H,27,28)/b26-15+. The number of nitrogens with one attached hydrogen (secondary N) is 1. The first kappa shape index (κ1) is 21.6. The maximum absolute atomic E-state index is 12.1. The van der Waals surface area contributed by atoms with Crippen molar-refractivity contribution in [1.82, 2.24) is 5.43 Å². The molecule has 0 aliphatic rings. The number of halogens is 1. The molecule has 0 spiro atoms. The van der Waals surface area contributed by atoms with Gasteiger partial charge in [0.05, 0.1) is 6.21 Å². The third kappa shape index (κ3) is 6.46. The van der Waals surface area contributed by atoms with E-state index in [0.717, 1.165) is 27.6 Å². The van der Waals surface area contributed by atoms with Crippen LogP contribution in [0.4, 0.5) is 0 Å². The Labute approximate surface area is 184 Å². The van der Waals surface area contributed by atoms with Crippen molar-refractivity contribution in [2.24, 2.45) is 5.10 Å². The highest BCUT2D eigenvalue weighted by molar-refractivity contribution is 9.10. The zero-order valence-corrected chi connectivity index (χ0v) is 18.3. The topological polar surface area (TPSA) is 59.9 Å². The molecule has 3 aromatic rings. The van der Waals surface area contributed by atoms with Gasteiger partial charge in [-0.2, -0.15) is 5.10 Å². The number of carbonyl (C=O) groups excluding carboxylic acids is 1. The minimum absolute atomic E-state index is 0.107. The second kappa shape index (κ2) is 11.2. The molecule has 0 saturated heterocycles. The molecule has 0 aliphatic carbocycles. The summed E-state index contributed by atoms with van der Waals surface area (Å²) in [5.41, 5.74) is 5.37. The van der Waals surface area contributed by atoms with Gasteiger partial charge >= 0.3 is 0 Å². The SMILES string of the molecule is CCc1ccccc1OCC(=O)N/N=C/c1cc(Br)ccc1OCc1ccccc1. The zero-order valence-electron chi connectivity index (χ0n) is 16.7. The summed E-state index contributed by atoms with van der Waals surface area (Å²) in [6.07, 6.45) is 2.40. The largest absolute Gasteiger partial charge is 0.488 e. The van der Waals surface area contributed by atoms with Crippen LogP contribution in [0, 0.1) is 0 Å². The van der Waals surface area contributed by atoms with Gasteiger partial charge in [0.1, 0.15) is 18.1 Å². The minimum atomic E-state index is -0.334. The van der Waals surface area contributed by atoms with Crippen LogP contribution in [-0.2, 0) is 17.8 Å². The molecule has 0 fully saturated rings. The van der Waals surface area contributed by atoms with Crippen molar-refractivity contribution >= 4 is 28.1 Å². The Morgan fingerprint density at radius 1 is 1.00 bits per heavy atom. The van der Waals surface area contributed by atoms with Crippen LogP contribution >= 0.6 is 15.9 Å². The lowest BCUT2D eigenvalue weighted by atomic mass is 10.1. The fraction of sp³-hybridized carbons (Fsp3) is 0.167. The van der Waals surface area contributed by atoms with Gasteiger partial charge in [-0.25, -0.2) is 5.43 Å². The molecule has 3 aromatic carbocycles. The molecule has 0 aromatic heterocycles. The molecule has 3 rings (SSSR count). The zero-order chi connectivity index (χ0) is 21.2. The molecule has 0 heterocycles. The molecule has 1 N–H and O–H groups in total. The van der Waals surface area contributed by atoms with Crippen LogP contribution in [0.15, 0.2) is 82.4 Å². The number of hydrogen-bond acceptors (Lipinski definition) is 4. The van der Waals surface area contributed by atoms with Gasteiger partial charge in [-0.05, 0) is 41.8 Å². The molecule has 5 nitrogen and oxygen atoms in total. The fourth-order valence-electron chi connectivity index (χ4n) is 2.77. The van der Waals surface area contributed by atoms with Gasteiger partial charge in [-0.1, -0.05) is 71.4 Å². The van der Waals surface area contributed by atoms with Crippen LogP contribution in [0.2, 0.25) is 0 Å². The van der Waals surface area contributed by atoms with E-state index in [1.165, 1.54) is 0 Å². The Hall–Kier alpha value is -3.12. The smallest absolute Gasteiger partial charge is 0.277 e. The van der Waals surface area contributed by atoms with Crippen LogP contribution in [0.25, 0.3) is 0 Å². The predicted octanol–water partition coefficient (Wildman–Crippen LogP) is 5.12. The quantitative estimate of drug-likeness (QED) is 0.351. The van der Waals surface area contributed by atoms with Gasteiger partial charge in [0.15, 0.2) is 6.61 Å². The first-order chi connectivity index (χ1) is 14.7. The summed E-state index contributed by atoms with van der Waals surface area (Å²) in [7, 11) is 0. The van der Waals surface area contributed by atoms with Crippen molar-refractivity contribution in [3.63, 3.8) is 0 Å². The number of hydrogen-bond donors (Lipinski definition) is 1. The molecule has 30 heavy (non-hydrogen) atoms. The maximum atomic E-state index is 12.1. The monoisotopic (exact) mass is 466 g/mol. The van der Waals surface area contributed by atoms with E-state index in [0.29, 0.717) is 18.1 Å². The van der Waals surface area contributed by atoms with E-state index >= 15 is 0 Å². The first-order valence-corrected chi connectivity index (χ1v) is 10.4. The van der Waals surface area contributed by atoms with E-state index in [4.69, 9.17) is 9.47 Å². The Bertz CT molecular complexity index is 1010. The third-order valence-electron chi connectivity index (χ3n) is 4.31. The molecule has 0 atom stereocenters. The highest BCUT2D eigenvalue weighted by Crippen LogP contribution is 2.23. The van der Waals surface area contributed by atoms with Crippen molar-refractivity contribution in [2.75, 3.05) is 6.61 Å². The van der Waals surface area contributed by atoms with Crippen LogP contribution in [0.3, 0.4) is 0 Å². The second-order valence-electron chi connectivity index (χ2n) is 6.50. The number of ether oxygens (including phenoxy) is 2. The number of aryl methyl sites for hydroxylation is 1. The Kier molecular flexibility index (Phi) is 8.03. The van der Waals surface area contributed by atoms with Crippen molar-refractivity contribution < 1.29 is 14.3 Å². The summed E-state index contributed by atoms with van der Waals surface area (Å²) in [5.74, 6) is 1.05. The number of amides is 1. The molecule has 0 unspecified atom stereocenters. The van der Waals surface area contributed by atoms with Crippen LogP contribution in [0.1, 0.15) is 23.6 Å². The normalized spacial score (nSPS) is 10.7. The van der Waals surface area contributed by atoms with E-state index in [9.17, 15) is 4.79 Å². The summed E-state index contributed by atoms with van der Waals surface area (Å²) in [6.45, 7) is 2.38. The number of rotatable bonds is 9. The van der Waals surface area contributed by atoms with E-state index in [1.807, 2.05) is 79.7 Å². The molecule has 0 radical (unpaired) electrons. The third-order valence-corrected chi connectivity index (χ3v) is 4.81. The predicted molar refractivity (Wildman–Crippen MR) is 122 cm³/mol. The molecular formula is C24H23BrN2O3. The Morgan fingerprint density at radius 3 is 2.57 bits per heavy atom. The molecule has 6 heteroatoms. The van der Waals surface area contributed by atoms with Crippen molar-refractivity contribution in [3.8, 4) is 11.5 Å². The van der Waals surface area contributed by atoms with Gasteiger partial charge in [0, 0.05) is 10.0 Å². The van der Waals surface area contributed by atoms with Gasteiger partial charge in [0.25, 0.3) is 5.91 Å². The van der Waals surface area contributed by atoms with Crippen molar-refractivity contribution in [2.45, 2.75) is 20.0 Å². The molecular weight excluding hydrogens is 444 g/mol. The molecule has 0 saturated carbocycles. The highest BCUT2D eigenvalue weighted by atomic mass is 79.9. The lowest BCUT2D eigenvalue weighted by Crippen LogP contribution is -2.24.